The Balaban J connectivity index is 2.07. The first kappa shape index (κ1) is 10.7. The normalized spacial score (nSPS) is 12.6. The van der Waals surface area contributed by atoms with Gasteiger partial charge in [0.25, 0.3) is 0 Å². The van der Waals surface area contributed by atoms with E-state index in [-0.39, 0.29) is 5.92 Å². The number of aromatic nitrogens is 1. The number of nitrogens with zero attached hydrogens (tertiary/aromatic N) is 1. The Labute approximate surface area is 95.3 Å². The summed E-state index contributed by atoms with van der Waals surface area (Å²) in [6, 6.07) is 7.93. The summed E-state index contributed by atoms with van der Waals surface area (Å²) < 4.78 is 5.51. The topological polar surface area (TPSA) is 52.0 Å². The van der Waals surface area contributed by atoms with Crippen molar-refractivity contribution in [1.29, 1.82) is 0 Å². The van der Waals surface area contributed by atoms with Crippen LogP contribution in [0.3, 0.4) is 0 Å². The maximum atomic E-state index is 5.64. The highest BCUT2D eigenvalue weighted by Crippen LogP contribution is 2.20. The zero-order valence-electron chi connectivity index (χ0n) is 9.60. The number of aryl methyl sites for hydroxylation is 1. The lowest BCUT2D eigenvalue weighted by molar-refractivity contribution is 0.438. The van der Waals surface area contributed by atoms with Crippen molar-refractivity contribution in [3.05, 3.63) is 47.7 Å². The summed E-state index contributed by atoms with van der Waals surface area (Å²) >= 11 is 0. The molecule has 1 aromatic carbocycles. The van der Waals surface area contributed by atoms with Crippen LogP contribution in [0.25, 0.3) is 0 Å². The molecule has 84 valence electrons. The lowest BCUT2D eigenvalue weighted by Gasteiger charge is -2.07. The van der Waals surface area contributed by atoms with E-state index in [1.165, 1.54) is 5.56 Å². The molecule has 0 bridgehead atoms. The first-order valence-electron chi connectivity index (χ1n) is 5.42. The van der Waals surface area contributed by atoms with Crippen LogP contribution in [-0.2, 0) is 6.42 Å². The summed E-state index contributed by atoms with van der Waals surface area (Å²) in [6.07, 6.45) is 2.68. The van der Waals surface area contributed by atoms with Crippen LogP contribution in [0, 0.1) is 6.92 Å². The SMILES string of the molecule is Cc1cnc(C(C)Cc2ccc(N)cc2)o1. The Morgan fingerprint density at radius 1 is 1.31 bits per heavy atom. The predicted octanol–water partition coefficient (Wildman–Crippen LogP) is 2.91. The molecule has 1 atom stereocenters. The van der Waals surface area contributed by atoms with Crippen LogP contribution in [0.2, 0.25) is 0 Å². The minimum atomic E-state index is 0.289. The third-order valence-corrected chi connectivity index (χ3v) is 2.58. The molecular weight excluding hydrogens is 200 g/mol. The minimum absolute atomic E-state index is 0.289. The average molecular weight is 216 g/mol. The van der Waals surface area contributed by atoms with Crippen LogP contribution < -0.4 is 5.73 Å². The number of nitrogens with two attached hydrogens (primary N) is 1. The second kappa shape index (κ2) is 4.39. The number of benzene rings is 1. The van der Waals surface area contributed by atoms with Crippen molar-refractivity contribution >= 4 is 5.69 Å². The summed E-state index contributed by atoms with van der Waals surface area (Å²) in [5, 5.41) is 0. The van der Waals surface area contributed by atoms with Crippen molar-refractivity contribution in [3.63, 3.8) is 0 Å². The first-order valence-corrected chi connectivity index (χ1v) is 5.42. The lowest BCUT2D eigenvalue weighted by Crippen LogP contribution is -1.98. The average Bonchev–Trinajstić information content (AvgIpc) is 2.68. The zero-order chi connectivity index (χ0) is 11.5. The molecule has 0 aliphatic rings. The van der Waals surface area contributed by atoms with Crippen LogP contribution in [0.5, 0.6) is 0 Å². The highest BCUT2D eigenvalue weighted by atomic mass is 16.4. The van der Waals surface area contributed by atoms with Gasteiger partial charge in [0.2, 0.25) is 0 Å². The number of anilines is 1. The first-order chi connectivity index (χ1) is 7.65. The highest BCUT2D eigenvalue weighted by molar-refractivity contribution is 5.39. The molecule has 0 amide bonds. The van der Waals surface area contributed by atoms with Gasteiger partial charge in [0.05, 0.1) is 6.20 Å². The molecule has 1 heterocycles. The quantitative estimate of drug-likeness (QED) is 0.802. The van der Waals surface area contributed by atoms with E-state index in [0.29, 0.717) is 0 Å². The van der Waals surface area contributed by atoms with Gasteiger partial charge in [-0.2, -0.15) is 0 Å². The Kier molecular flexibility index (Phi) is 2.95. The molecule has 3 heteroatoms. The molecule has 0 spiro atoms. The van der Waals surface area contributed by atoms with Crippen LogP contribution in [0.4, 0.5) is 5.69 Å². The monoisotopic (exact) mass is 216 g/mol. The number of rotatable bonds is 3. The predicted molar refractivity (Wildman–Crippen MR) is 64.2 cm³/mol. The van der Waals surface area contributed by atoms with Gasteiger partial charge in [-0.25, -0.2) is 4.98 Å². The lowest BCUT2D eigenvalue weighted by atomic mass is 10.0. The summed E-state index contributed by atoms with van der Waals surface area (Å²) in [4.78, 5) is 4.24. The van der Waals surface area contributed by atoms with Crippen molar-refractivity contribution < 1.29 is 4.42 Å². The number of oxazole rings is 1. The van der Waals surface area contributed by atoms with Gasteiger partial charge >= 0.3 is 0 Å². The summed E-state index contributed by atoms with van der Waals surface area (Å²) in [7, 11) is 0. The van der Waals surface area contributed by atoms with E-state index in [2.05, 4.69) is 11.9 Å². The Hall–Kier alpha value is -1.77. The molecule has 0 fully saturated rings. The molecule has 1 unspecified atom stereocenters. The Morgan fingerprint density at radius 2 is 2.00 bits per heavy atom. The van der Waals surface area contributed by atoms with Crippen molar-refractivity contribution in [1.82, 2.24) is 4.98 Å². The fraction of sp³-hybridized carbons (Fsp3) is 0.308. The molecule has 0 saturated heterocycles. The van der Waals surface area contributed by atoms with Gasteiger partial charge in [-0.3, -0.25) is 0 Å². The van der Waals surface area contributed by atoms with Crippen molar-refractivity contribution in [2.45, 2.75) is 26.2 Å². The minimum Gasteiger partial charge on any atom is -0.446 e. The van der Waals surface area contributed by atoms with Crippen molar-refractivity contribution in [3.8, 4) is 0 Å². The van der Waals surface area contributed by atoms with E-state index in [9.17, 15) is 0 Å². The van der Waals surface area contributed by atoms with E-state index in [0.717, 1.165) is 23.8 Å². The van der Waals surface area contributed by atoms with E-state index in [4.69, 9.17) is 10.2 Å². The molecule has 3 nitrogen and oxygen atoms in total. The summed E-state index contributed by atoms with van der Waals surface area (Å²) in [6.45, 7) is 4.02. The van der Waals surface area contributed by atoms with Gasteiger partial charge in [-0.05, 0) is 31.0 Å². The summed E-state index contributed by atoms with van der Waals surface area (Å²) in [5.41, 5.74) is 7.68. The van der Waals surface area contributed by atoms with Gasteiger partial charge in [-0.15, -0.1) is 0 Å². The van der Waals surface area contributed by atoms with Gasteiger partial charge in [0.1, 0.15) is 5.76 Å². The van der Waals surface area contributed by atoms with E-state index >= 15 is 0 Å². The maximum Gasteiger partial charge on any atom is 0.197 e. The van der Waals surface area contributed by atoms with E-state index < -0.39 is 0 Å². The number of hydrogen-bond acceptors (Lipinski definition) is 3. The molecule has 16 heavy (non-hydrogen) atoms. The van der Waals surface area contributed by atoms with Crippen LogP contribution in [-0.4, -0.2) is 4.98 Å². The Morgan fingerprint density at radius 3 is 2.56 bits per heavy atom. The second-order valence-corrected chi connectivity index (χ2v) is 4.16. The second-order valence-electron chi connectivity index (χ2n) is 4.16. The molecule has 0 radical (unpaired) electrons. The smallest absolute Gasteiger partial charge is 0.197 e. The third-order valence-electron chi connectivity index (χ3n) is 2.58. The van der Waals surface area contributed by atoms with Gasteiger partial charge in [0, 0.05) is 11.6 Å². The number of nitrogen functional groups attached to an aromatic ring is 1. The van der Waals surface area contributed by atoms with Gasteiger partial charge in [0.15, 0.2) is 5.89 Å². The fourth-order valence-corrected chi connectivity index (χ4v) is 1.69. The van der Waals surface area contributed by atoms with Crippen LogP contribution >= 0.6 is 0 Å². The molecule has 2 rings (SSSR count). The van der Waals surface area contributed by atoms with E-state index in [1.54, 1.807) is 6.20 Å². The van der Waals surface area contributed by atoms with Crippen molar-refractivity contribution in [2.24, 2.45) is 0 Å². The molecule has 2 aromatic rings. The van der Waals surface area contributed by atoms with Gasteiger partial charge in [-0.1, -0.05) is 19.1 Å². The molecule has 0 aliphatic heterocycles. The standard InChI is InChI=1S/C13H16N2O/c1-9(13-15-8-10(2)16-13)7-11-3-5-12(14)6-4-11/h3-6,8-9H,7,14H2,1-2H3. The molecule has 2 N–H and O–H groups in total. The molecule has 0 aliphatic carbocycles. The zero-order valence-corrected chi connectivity index (χ0v) is 9.60. The summed E-state index contributed by atoms with van der Waals surface area (Å²) in [5.74, 6) is 1.95. The Bertz CT molecular complexity index is 459. The van der Waals surface area contributed by atoms with E-state index in [1.807, 2.05) is 31.2 Å². The molecule has 1 aromatic heterocycles. The van der Waals surface area contributed by atoms with Crippen LogP contribution in [0.15, 0.2) is 34.9 Å². The molecule has 0 saturated carbocycles. The van der Waals surface area contributed by atoms with Crippen LogP contribution in [0.1, 0.15) is 30.1 Å². The number of hydrogen-bond donors (Lipinski definition) is 1. The largest absolute Gasteiger partial charge is 0.446 e. The third kappa shape index (κ3) is 2.42. The maximum absolute atomic E-state index is 5.64. The fourth-order valence-electron chi connectivity index (χ4n) is 1.69. The molecular formula is C13H16N2O. The van der Waals surface area contributed by atoms with Gasteiger partial charge < -0.3 is 10.2 Å². The highest BCUT2D eigenvalue weighted by Gasteiger charge is 2.11. The van der Waals surface area contributed by atoms with Crippen molar-refractivity contribution in [2.75, 3.05) is 5.73 Å².